The number of ether oxygens (including phenoxy) is 2. The average Bonchev–Trinajstić information content (AvgIpc) is 3.24. The molecule has 7 nitrogen and oxygen atoms in total. The Morgan fingerprint density at radius 3 is 2.53 bits per heavy atom. The first-order valence-electron chi connectivity index (χ1n) is 11.0. The van der Waals surface area contributed by atoms with E-state index in [1.165, 1.54) is 19.8 Å². The van der Waals surface area contributed by atoms with Gasteiger partial charge < -0.3 is 19.7 Å². The minimum Gasteiger partial charge on any atom is -0.496 e. The number of carbonyl (C=O) groups is 1. The summed E-state index contributed by atoms with van der Waals surface area (Å²) in [5, 5.41) is 1.87. The SMILES string of the molecule is COc1cc(-c2cnc3cc(C4CCCN(C)C4)ccn23)cc(OC)c1C(=O)NCC(F)(F)F. The maximum Gasteiger partial charge on any atom is 0.405 e. The maximum absolute atomic E-state index is 12.6. The molecule has 1 fully saturated rings. The topological polar surface area (TPSA) is 68.1 Å². The number of benzene rings is 1. The molecule has 182 valence electrons. The van der Waals surface area contributed by atoms with Gasteiger partial charge in [-0.1, -0.05) is 0 Å². The van der Waals surface area contributed by atoms with Crippen molar-refractivity contribution in [3.05, 3.63) is 47.8 Å². The number of pyridine rings is 1. The molecule has 1 aliphatic heterocycles. The lowest BCUT2D eigenvalue weighted by Gasteiger charge is -2.29. The highest BCUT2D eigenvalue weighted by Gasteiger charge is 2.30. The summed E-state index contributed by atoms with van der Waals surface area (Å²) in [6.45, 7) is 0.669. The molecule has 3 aromatic rings. The van der Waals surface area contributed by atoms with Gasteiger partial charge in [0.1, 0.15) is 29.3 Å². The van der Waals surface area contributed by atoms with Gasteiger partial charge in [0.15, 0.2) is 0 Å². The molecule has 1 unspecified atom stereocenters. The molecule has 34 heavy (non-hydrogen) atoms. The van der Waals surface area contributed by atoms with Crippen LogP contribution in [0.1, 0.15) is 34.7 Å². The predicted octanol–water partition coefficient (Wildman–Crippen LogP) is 4.12. The number of imidazole rings is 1. The van der Waals surface area contributed by atoms with Crippen LogP contribution in [-0.2, 0) is 0 Å². The van der Waals surface area contributed by atoms with Gasteiger partial charge in [0.2, 0.25) is 0 Å². The molecule has 1 amide bonds. The van der Waals surface area contributed by atoms with Crippen LogP contribution in [0.5, 0.6) is 11.5 Å². The zero-order chi connectivity index (χ0) is 24.5. The van der Waals surface area contributed by atoms with Gasteiger partial charge in [-0.2, -0.15) is 13.2 Å². The summed E-state index contributed by atoms with van der Waals surface area (Å²) in [7, 11) is 4.83. The summed E-state index contributed by atoms with van der Waals surface area (Å²) in [6.07, 6.45) is 1.45. The van der Waals surface area contributed by atoms with Gasteiger partial charge in [0, 0.05) is 18.3 Å². The Kier molecular flexibility index (Phi) is 6.70. The molecular formula is C24H27F3N4O3. The van der Waals surface area contributed by atoms with Gasteiger partial charge in [0.25, 0.3) is 5.91 Å². The van der Waals surface area contributed by atoms with E-state index in [-0.39, 0.29) is 17.1 Å². The summed E-state index contributed by atoms with van der Waals surface area (Å²) in [6, 6.07) is 7.37. The molecule has 1 saturated heterocycles. The summed E-state index contributed by atoms with van der Waals surface area (Å²) in [4.78, 5) is 19.4. The lowest BCUT2D eigenvalue weighted by atomic mass is 9.91. The van der Waals surface area contributed by atoms with Crippen molar-refractivity contribution in [2.24, 2.45) is 0 Å². The molecule has 0 spiro atoms. The van der Waals surface area contributed by atoms with Crippen LogP contribution in [0.25, 0.3) is 16.9 Å². The van der Waals surface area contributed by atoms with Crippen LogP contribution >= 0.6 is 0 Å². The van der Waals surface area contributed by atoms with Crippen LogP contribution < -0.4 is 14.8 Å². The largest absolute Gasteiger partial charge is 0.496 e. The fourth-order valence-electron chi connectivity index (χ4n) is 4.45. The molecule has 10 heteroatoms. The lowest BCUT2D eigenvalue weighted by molar-refractivity contribution is -0.123. The standard InChI is InChI=1S/C24H27F3N4O3/c1-30-7-4-5-16(13-30)15-6-8-31-18(12-28-21(31)11-15)17-9-19(33-2)22(20(10-17)34-3)23(32)29-14-24(25,26)27/h6,8-12,16H,4-5,7,13-14H2,1-3H3,(H,29,32). The van der Waals surface area contributed by atoms with Crippen molar-refractivity contribution in [1.82, 2.24) is 19.6 Å². The molecule has 0 bridgehead atoms. The Labute approximate surface area is 195 Å². The van der Waals surface area contributed by atoms with Crippen molar-refractivity contribution in [2.45, 2.75) is 24.9 Å². The van der Waals surface area contributed by atoms with E-state index in [0.29, 0.717) is 11.5 Å². The van der Waals surface area contributed by atoms with Crippen LogP contribution in [0, 0.1) is 0 Å². The molecule has 2 aromatic heterocycles. The van der Waals surface area contributed by atoms with Gasteiger partial charge in [-0.05, 0) is 62.2 Å². The van der Waals surface area contributed by atoms with Crippen molar-refractivity contribution in [2.75, 3.05) is 40.9 Å². The third kappa shape index (κ3) is 4.96. The number of likely N-dealkylation sites (tertiary alicyclic amines) is 1. The van der Waals surface area contributed by atoms with Crippen LogP contribution in [0.2, 0.25) is 0 Å². The third-order valence-corrected chi connectivity index (χ3v) is 6.11. The van der Waals surface area contributed by atoms with Crippen LogP contribution in [0.4, 0.5) is 13.2 Å². The summed E-state index contributed by atoms with van der Waals surface area (Å²) in [5.74, 6) is -0.270. The van der Waals surface area contributed by atoms with E-state index in [9.17, 15) is 18.0 Å². The highest BCUT2D eigenvalue weighted by atomic mass is 19.4. The van der Waals surface area contributed by atoms with E-state index in [1.54, 1.807) is 18.3 Å². The number of piperidine rings is 1. The van der Waals surface area contributed by atoms with Gasteiger partial charge in [-0.25, -0.2) is 4.98 Å². The normalized spacial score (nSPS) is 17.1. The minimum absolute atomic E-state index is 0.101. The summed E-state index contributed by atoms with van der Waals surface area (Å²) >= 11 is 0. The Balaban J connectivity index is 1.68. The number of likely N-dealkylation sites (N-methyl/N-ethyl adjacent to an activating group) is 1. The Bertz CT molecular complexity index is 1170. The quantitative estimate of drug-likeness (QED) is 0.580. The number of carbonyl (C=O) groups excluding carboxylic acids is 1. The van der Waals surface area contributed by atoms with Gasteiger partial charge >= 0.3 is 6.18 Å². The van der Waals surface area contributed by atoms with Gasteiger partial charge in [0.05, 0.1) is 26.1 Å². The molecule has 3 heterocycles. The van der Waals surface area contributed by atoms with Crippen molar-refractivity contribution < 1.29 is 27.4 Å². The Morgan fingerprint density at radius 1 is 1.21 bits per heavy atom. The zero-order valence-electron chi connectivity index (χ0n) is 19.3. The average molecular weight is 476 g/mol. The summed E-state index contributed by atoms with van der Waals surface area (Å²) in [5.41, 5.74) is 3.31. The lowest BCUT2D eigenvalue weighted by Crippen LogP contribution is -2.34. The smallest absolute Gasteiger partial charge is 0.405 e. The maximum atomic E-state index is 12.6. The van der Waals surface area contributed by atoms with E-state index < -0.39 is 18.6 Å². The number of aromatic nitrogens is 2. The first-order chi connectivity index (χ1) is 16.2. The van der Waals surface area contributed by atoms with E-state index in [0.717, 1.165) is 37.3 Å². The molecule has 0 aliphatic carbocycles. The highest BCUT2D eigenvalue weighted by molar-refractivity contribution is 6.00. The summed E-state index contributed by atoms with van der Waals surface area (Å²) < 4.78 is 50.3. The molecule has 0 saturated carbocycles. The number of nitrogens with one attached hydrogen (secondary N) is 1. The molecule has 0 radical (unpaired) electrons. The fraction of sp³-hybridized carbons (Fsp3) is 0.417. The third-order valence-electron chi connectivity index (χ3n) is 6.11. The van der Waals surface area contributed by atoms with Crippen LogP contribution in [-0.4, -0.2) is 67.3 Å². The second kappa shape index (κ2) is 9.54. The molecule has 4 rings (SSSR count). The number of nitrogens with zero attached hydrogens (tertiary/aromatic N) is 3. The van der Waals surface area contributed by atoms with E-state index >= 15 is 0 Å². The second-order valence-corrected chi connectivity index (χ2v) is 8.49. The number of rotatable bonds is 6. The predicted molar refractivity (Wildman–Crippen MR) is 122 cm³/mol. The molecule has 1 aromatic carbocycles. The zero-order valence-corrected chi connectivity index (χ0v) is 19.3. The number of fused-ring (bicyclic) bond motifs is 1. The van der Waals surface area contributed by atoms with Crippen molar-refractivity contribution in [3.63, 3.8) is 0 Å². The van der Waals surface area contributed by atoms with E-state index in [4.69, 9.17) is 9.47 Å². The number of hydrogen-bond acceptors (Lipinski definition) is 5. The molecule has 1 aliphatic rings. The van der Waals surface area contributed by atoms with Crippen molar-refractivity contribution >= 4 is 11.6 Å². The molecule has 1 atom stereocenters. The minimum atomic E-state index is -4.53. The van der Waals surface area contributed by atoms with Gasteiger partial charge in [-0.3, -0.25) is 9.20 Å². The van der Waals surface area contributed by atoms with E-state index in [2.05, 4.69) is 29.1 Å². The molecular weight excluding hydrogens is 449 g/mol. The highest BCUT2D eigenvalue weighted by Crippen LogP contribution is 2.36. The first-order valence-corrected chi connectivity index (χ1v) is 11.0. The van der Waals surface area contributed by atoms with Crippen LogP contribution in [0.3, 0.4) is 0 Å². The Hall–Kier alpha value is -3.27. The number of hydrogen-bond donors (Lipinski definition) is 1. The van der Waals surface area contributed by atoms with Crippen LogP contribution in [0.15, 0.2) is 36.7 Å². The number of amides is 1. The number of halogens is 3. The monoisotopic (exact) mass is 476 g/mol. The van der Waals surface area contributed by atoms with Crippen molar-refractivity contribution in [1.29, 1.82) is 0 Å². The second-order valence-electron chi connectivity index (χ2n) is 8.49. The number of methoxy groups -OCH3 is 2. The number of alkyl halides is 3. The van der Waals surface area contributed by atoms with E-state index in [1.807, 2.05) is 15.9 Å². The van der Waals surface area contributed by atoms with Crippen molar-refractivity contribution in [3.8, 4) is 22.8 Å². The van der Waals surface area contributed by atoms with Gasteiger partial charge in [-0.15, -0.1) is 0 Å². The fourth-order valence-corrected chi connectivity index (χ4v) is 4.45. The first kappa shape index (κ1) is 23.9. The Morgan fingerprint density at radius 2 is 1.91 bits per heavy atom. The molecule has 1 N–H and O–H groups in total.